The number of carbonyl (C=O) groups is 1. The van der Waals surface area contributed by atoms with Crippen molar-refractivity contribution in [3.8, 4) is 0 Å². The monoisotopic (exact) mass is 393 g/mol. The van der Waals surface area contributed by atoms with Crippen molar-refractivity contribution >= 4 is 51.9 Å². The Morgan fingerprint density at radius 2 is 1.96 bits per heavy atom. The molecule has 1 heterocycles. The maximum Gasteiger partial charge on any atom is 0.233 e. The van der Waals surface area contributed by atoms with Gasteiger partial charge in [0.05, 0.1) is 26.8 Å². The number of imidazole rings is 1. The highest BCUT2D eigenvalue weighted by molar-refractivity contribution is 7.99. The number of aromatic nitrogens is 2. The molecular weight excluding hydrogens is 377 g/mol. The van der Waals surface area contributed by atoms with Crippen LogP contribution < -0.4 is 0 Å². The van der Waals surface area contributed by atoms with E-state index in [0.717, 1.165) is 21.8 Å². The van der Waals surface area contributed by atoms with E-state index in [2.05, 4.69) is 4.98 Å². The highest BCUT2D eigenvalue weighted by Crippen LogP contribution is 2.24. The first-order valence-corrected chi connectivity index (χ1v) is 9.42. The van der Waals surface area contributed by atoms with Crippen molar-refractivity contribution in [2.45, 2.75) is 11.7 Å². The van der Waals surface area contributed by atoms with Gasteiger partial charge in [0.15, 0.2) is 5.16 Å². The van der Waals surface area contributed by atoms with Gasteiger partial charge in [0, 0.05) is 20.6 Å². The molecule has 0 saturated carbocycles. The molecule has 0 radical (unpaired) electrons. The Morgan fingerprint density at radius 3 is 2.68 bits per heavy atom. The second kappa shape index (κ2) is 7.68. The van der Waals surface area contributed by atoms with E-state index in [-0.39, 0.29) is 5.91 Å². The number of nitrogens with zero attached hydrogens (tertiary/aromatic N) is 3. The molecule has 2 aromatic carbocycles. The molecule has 0 spiro atoms. The fourth-order valence-corrected chi connectivity index (χ4v) is 3.74. The van der Waals surface area contributed by atoms with Gasteiger partial charge in [-0.3, -0.25) is 4.79 Å². The average molecular weight is 394 g/mol. The van der Waals surface area contributed by atoms with Crippen molar-refractivity contribution in [1.29, 1.82) is 0 Å². The van der Waals surface area contributed by atoms with Crippen LogP contribution in [-0.4, -0.2) is 33.2 Å². The summed E-state index contributed by atoms with van der Waals surface area (Å²) >= 11 is 13.4. The first kappa shape index (κ1) is 18.1. The summed E-state index contributed by atoms with van der Waals surface area (Å²) in [4.78, 5) is 18.7. The fraction of sp³-hybridized carbons (Fsp3) is 0.222. The number of thioether (sulfide) groups is 1. The molecule has 0 aliphatic carbocycles. The zero-order valence-electron chi connectivity index (χ0n) is 13.9. The highest BCUT2D eigenvalue weighted by atomic mass is 35.5. The number of halogens is 2. The number of carbonyl (C=O) groups excluding carboxylic acids is 1. The number of benzene rings is 2. The number of fused-ring (bicyclic) bond motifs is 1. The Morgan fingerprint density at radius 1 is 1.20 bits per heavy atom. The molecule has 0 unspecified atom stereocenters. The van der Waals surface area contributed by atoms with E-state index in [4.69, 9.17) is 23.2 Å². The number of para-hydroxylation sites is 2. The molecule has 0 bridgehead atoms. The molecule has 0 atom stereocenters. The lowest BCUT2D eigenvalue weighted by atomic mass is 10.2. The Bertz CT molecular complexity index is 926. The lowest BCUT2D eigenvalue weighted by molar-refractivity contribution is -0.127. The molecule has 130 valence electrons. The molecule has 1 aromatic heterocycles. The molecule has 25 heavy (non-hydrogen) atoms. The topological polar surface area (TPSA) is 38.1 Å². The van der Waals surface area contributed by atoms with Gasteiger partial charge in [-0.15, -0.1) is 0 Å². The number of rotatable bonds is 5. The van der Waals surface area contributed by atoms with Crippen molar-refractivity contribution in [2.24, 2.45) is 7.05 Å². The summed E-state index contributed by atoms with van der Waals surface area (Å²) in [5, 5.41) is 1.84. The van der Waals surface area contributed by atoms with Crippen LogP contribution in [0.1, 0.15) is 5.56 Å². The Hall–Kier alpha value is -1.69. The first-order chi connectivity index (χ1) is 12.0. The average Bonchev–Trinajstić information content (AvgIpc) is 2.92. The normalized spacial score (nSPS) is 11.0. The van der Waals surface area contributed by atoms with Gasteiger partial charge in [0.25, 0.3) is 0 Å². The van der Waals surface area contributed by atoms with E-state index in [9.17, 15) is 4.79 Å². The van der Waals surface area contributed by atoms with E-state index < -0.39 is 0 Å². The van der Waals surface area contributed by atoms with Crippen molar-refractivity contribution in [1.82, 2.24) is 14.5 Å². The van der Waals surface area contributed by atoms with E-state index in [1.807, 2.05) is 41.9 Å². The summed E-state index contributed by atoms with van der Waals surface area (Å²) in [7, 11) is 3.74. The molecule has 0 aliphatic heterocycles. The molecule has 3 rings (SSSR count). The minimum absolute atomic E-state index is 0.0307. The lowest BCUT2D eigenvalue weighted by Gasteiger charge is -2.17. The van der Waals surface area contributed by atoms with Crippen LogP contribution in [0.4, 0.5) is 0 Å². The van der Waals surface area contributed by atoms with Gasteiger partial charge in [-0.05, 0) is 29.8 Å². The molecule has 0 fully saturated rings. The van der Waals surface area contributed by atoms with Gasteiger partial charge in [0.1, 0.15) is 0 Å². The quantitative estimate of drug-likeness (QED) is 0.593. The van der Waals surface area contributed by atoms with Gasteiger partial charge < -0.3 is 9.47 Å². The minimum Gasteiger partial charge on any atom is -0.341 e. The third kappa shape index (κ3) is 4.11. The van der Waals surface area contributed by atoms with Crippen molar-refractivity contribution in [3.05, 3.63) is 58.1 Å². The predicted octanol–water partition coefficient (Wildman–Crippen LogP) is 4.63. The zero-order chi connectivity index (χ0) is 18.0. The van der Waals surface area contributed by atoms with Gasteiger partial charge in [-0.2, -0.15) is 0 Å². The van der Waals surface area contributed by atoms with Crippen molar-refractivity contribution in [3.63, 3.8) is 0 Å². The second-order valence-electron chi connectivity index (χ2n) is 5.73. The second-order valence-corrected chi connectivity index (χ2v) is 7.49. The summed E-state index contributed by atoms with van der Waals surface area (Å²) in [6, 6.07) is 13.3. The van der Waals surface area contributed by atoms with Gasteiger partial charge >= 0.3 is 0 Å². The van der Waals surface area contributed by atoms with Gasteiger partial charge in [-0.1, -0.05) is 53.2 Å². The number of hydrogen-bond donors (Lipinski definition) is 0. The number of amides is 1. The molecule has 0 N–H and O–H groups in total. The molecule has 1 amide bonds. The van der Waals surface area contributed by atoms with Crippen LogP contribution in [0.2, 0.25) is 10.0 Å². The Balaban J connectivity index is 1.63. The third-order valence-electron chi connectivity index (χ3n) is 3.90. The largest absolute Gasteiger partial charge is 0.341 e. The lowest BCUT2D eigenvalue weighted by Crippen LogP contribution is -2.27. The van der Waals surface area contributed by atoms with Crippen LogP contribution in [0.15, 0.2) is 47.6 Å². The fourth-order valence-electron chi connectivity index (χ4n) is 2.49. The molecule has 4 nitrogen and oxygen atoms in total. The van der Waals surface area contributed by atoms with E-state index in [0.29, 0.717) is 22.3 Å². The van der Waals surface area contributed by atoms with Crippen LogP contribution in [0, 0.1) is 0 Å². The van der Waals surface area contributed by atoms with Crippen LogP contribution in [0.25, 0.3) is 11.0 Å². The van der Waals surface area contributed by atoms with Gasteiger partial charge in [0.2, 0.25) is 5.91 Å². The maximum atomic E-state index is 12.4. The molecule has 7 heteroatoms. The summed E-state index contributed by atoms with van der Waals surface area (Å²) in [5.41, 5.74) is 2.93. The molecule has 0 saturated heterocycles. The maximum absolute atomic E-state index is 12.4. The first-order valence-electron chi connectivity index (χ1n) is 7.68. The van der Waals surface area contributed by atoms with Crippen LogP contribution in [-0.2, 0) is 18.4 Å². The molecular formula is C18H17Cl2N3OS. The van der Waals surface area contributed by atoms with E-state index in [1.54, 1.807) is 24.1 Å². The molecule has 0 aliphatic rings. The summed E-state index contributed by atoms with van der Waals surface area (Å²) in [5.74, 6) is 0.359. The zero-order valence-corrected chi connectivity index (χ0v) is 16.2. The summed E-state index contributed by atoms with van der Waals surface area (Å²) < 4.78 is 2.01. The Labute approximate surface area is 160 Å². The Kier molecular flexibility index (Phi) is 5.57. The van der Waals surface area contributed by atoms with Crippen LogP contribution in [0.3, 0.4) is 0 Å². The molecule has 3 aromatic rings. The smallest absolute Gasteiger partial charge is 0.233 e. The standard InChI is InChI=1S/C18H17Cl2N3OS/c1-22(10-12-7-8-13(19)14(20)9-12)17(24)11-25-18-21-15-5-3-4-6-16(15)23(18)2/h3-9H,10-11H2,1-2H3. The highest BCUT2D eigenvalue weighted by Gasteiger charge is 2.14. The SMILES string of the molecule is CN(Cc1ccc(Cl)c(Cl)c1)C(=O)CSc1nc2ccccc2n1C. The third-order valence-corrected chi connectivity index (χ3v) is 5.65. The van der Waals surface area contributed by atoms with E-state index in [1.165, 1.54) is 11.8 Å². The number of hydrogen-bond acceptors (Lipinski definition) is 3. The minimum atomic E-state index is 0.0307. The van der Waals surface area contributed by atoms with Crippen molar-refractivity contribution < 1.29 is 4.79 Å². The van der Waals surface area contributed by atoms with Crippen LogP contribution in [0.5, 0.6) is 0 Å². The number of aryl methyl sites for hydroxylation is 1. The van der Waals surface area contributed by atoms with Gasteiger partial charge in [-0.25, -0.2) is 4.98 Å². The predicted molar refractivity (Wildman–Crippen MR) is 104 cm³/mol. The summed E-state index contributed by atoms with van der Waals surface area (Å²) in [6.45, 7) is 0.485. The van der Waals surface area contributed by atoms with E-state index >= 15 is 0 Å². The van der Waals surface area contributed by atoms with Crippen LogP contribution >= 0.6 is 35.0 Å². The summed E-state index contributed by atoms with van der Waals surface area (Å²) in [6.07, 6.45) is 0. The van der Waals surface area contributed by atoms with Crippen molar-refractivity contribution in [2.75, 3.05) is 12.8 Å².